The molecule has 0 unspecified atom stereocenters. The maximum absolute atomic E-state index is 13.5. The van der Waals surface area contributed by atoms with Crippen molar-refractivity contribution in [3.8, 4) is 11.4 Å². The second kappa shape index (κ2) is 17.8. The molecule has 60 heavy (non-hydrogen) atoms. The van der Waals surface area contributed by atoms with Gasteiger partial charge in [0, 0.05) is 49.7 Å². The van der Waals surface area contributed by atoms with E-state index in [1.165, 1.54) is 22.7 Å². The Labute approximate surface area is 355 Å². The minimum Gasteiger partial charge on any atom is -0.494 e. The van der Waals surface area contributed by atoms with Crippen LogP contribution in [0, 0.1) is 0 Å². The molecule has 0 spiro atoms. The van der Waals surface area contributed by atoms with Crippen LogP contribution in [0.15, 0.2) is 79.3 Å². The number of para-hydroxylation sites is 1. The molecule has 0 radical (unpaired) electrons. The van der Waals surface area contributed by atoms with E-state index in [1.54, 1.807) is 6.33 Å². The highest BCUT2D eigenvalue weighted by molar-refractivity contribution is 7.22. The number of nitrogens with zero attached hydrogens (tertiary/aromatic N) is 9. The van der Waals surface area contributed by atoms with E-state index in [2.05, 4.69) is 52.1 Å². The number of hydrogen-bond donors (Lipinski definition) is 2. The fourth-order valence-electron chi connectivity index (χ4n) is 7.94. The van der Waals surface area contributed by atoms with Crippen molar-refractivity contribution in [1.29, 1.82) is 0 Å². The summed E-state index contributed by atoms with van der Waals surface area (Å²) >= 11 is 2.83. The molecule has 3 aromatic carbocycles. The van der Waals surface area contributed by atoms with Crippen LogP contribution in [0.2, 0.25) is 0 Å². The molecule has 7 aromatic rings. The lowest BCUT2D eigenvalue weighted by atomic mass is 9.94. The molecule has 2 N–H and O–H groups in total. The number of carbonyl (C=O) groups is 2. The SMILES string of the molecule is CN1CCN(CCCCc2ncnc3c2cnn3-c2ccc(OCCCc3sc(N4CCc5cccc(C(=O)Nc6nc7ccccc7s6)c5C4)nc3C(=O)O)cc2)CC1. The minimum absolute atomic E-state index is 0.0658. The third-order valence-electron chi connectivity index (χ3n) is 11.3. The number of hydrogen-bond acceptors (Lipinski definition) is 13. The maximum atomic E-state index is 13.5. The van der Waals surface area contributed by atoms with Gasteiger partial charge in [-0.25, -0.2) is 29.4 Å². The van der Waals surface area contributed by atoms with Crippen molar-refractivity contribution < 1.29 is 19.4 Å². The molecular formula is C44H46N10O4S2. The van der Waals surface area contributed by atoms with Crippen molar-refractivity contribution in [2.75, 3.05) is 63.1 Å². The molecule has 0 bridgehead atoms. The average molecular weight is 843 g/mol. The minimum atomic E-state index is -1.05. The fourth-order valence-corrected chi connectivity index (χ4v) is 9.92. The second-order valence-corrected chi connectivity index (χ2v) is 17.4. The molecule has 6 heterocycles. The van der Waals surface area contributed by atoms with E-state index in [9.17, 15) is 14.7 Å². The summed E-state index contributed by atoms with van der Waals surface area (Å²) in [5, 5.41) is 19.9. The summed E-state index contributed by atoms with van der Waals surface area (Å²) in [6.45, 7) is 7.21. The van der Waals surface area contributed by atoms with Gasteiger partial charge < -0.3 is 24.5 Å². The standard InChI is InChI=1S/C44H46N10O4S2/c1-51-21-23-52(24-22-51)19-5-4-10-35-33-26-47-54(40(33)46-28-45-35)30-14-16-31(17-15-30)58-25-7-13-38-39(42(56)57)49-44(60-38)53-20-18-29-8-6-9-32(34(29)27-53)41(55)50-43-48-36-11-2-3-12-37(36)59-43/h2-3,6,8-9,11-12,14-17,26,28H,4-5,7,10,13,18-25,27H2,1H3,(H,56,57)(H,48,50,55). The van der Waals surface area contributed by atoms with E-state index >= 15 is 0 Å². The van der Waals surface area contributed by atoms with E-state index in [0.717, 1.165) is 95.7 Å². The Morgan fingerprint density at radius 2 is 1.73 bits per heavy atom. The van der Waals surface area contributed by atoms with Gasteiger partial charge in [0.15, 0.2) is 21.6 Å². The first-order valence-corrected chi connectivity index (χ1v) is 22.1. The number of piperazine rings is 1. The van der Waals surface area contributed by atoms with Gasteiger partial charge in [0.1, 0.15) is 12.1 Å². The third-order valence-corrected chi connectivity index (χ3v) is 13.4. The first-order valence-electron chi connectivity index (χ1n) is 20.4. The zero-order valence-corrected chi connectivity index (χ0v) is 35.1. The van der Waals surface area contributed by atoms with Crippen LogP contribution in [0.5, 0.6) is 5.75 Å². The number of amides is 1. The summed E-state index contributed by atoms with van der Waals surface area (Å²) in [6, 6.07) is 21.3. The average Bonchev–Trinajstić information content (AvgIpc) is 4.02. The Kier molecular flexibility index (Phi) is 11.8. The molecule has 9 rings (SSSR count). The van der Waals surface area contributed by atoms with Crippen LogP contribution < -0.4 is 15.0 Å². The number of aromatic carboxylic acids is 1. The normalized spacial score (nSPS) is 14.8. The summed E-state index contributed by atoms with van der Waals surface area (Å²) in [5.41, 5.74) is 6.19. The highest BCUT2D eigenvalue weighted by Gasteiger charge is 2.27. The topological polar surface area (TPSA) is 155 Å². The molecule has 4 aromatic heterocycles. The number of likely N-dealkylation sites (N-methyl/N-ethyl adjacent to an activating group) is 1. The quantitative estimate of drug-likeness (QED) is 0.102. The molecule has 308 valence electrons. The van der Waals surface area contributed by atoms with Crippen molar-refractivity contribution in [2.24, 2.45) is 0 Å². The number of aryl methyl sites for hydroxylation is 2. The lowest BCUT2D eigenvalue weighted by molar-refractivity contribution is 0.0690. The van der Waals surface area contributed by atoms with E-state index in [4.69, 9.17) is 4.74 Å². The van der Waals surface area contributed by atoms with Gasteiger partial charge in [0.25, 0.3) is 5.91 Å². The molecular weight excluding hydrogens is 797 g/mol. The molecule has 1 saturated heterocycles. The highest BCUT2D eigenvalue weighted by atomic mass is 32.1. The molecule has 1 amide bonds. The van der Waals surface area contributed by atoms with Crippen LogP contribution in [-0.2, 0) is 25.8 Å². The van der Waals surface area contributed by atoms with Gasteiger partial charge in [-0.15, -0.1) is 11.3 Å². The predicted octanol–water partition coefficient (Wildman–Crippen LogP) is 6.98. The maximum Gasteiger partial charge on any atom is 0.355 e. The molecule has 14 nitrogen and oxygen atoms in total. The summed E-state index contributed by atoms with van der Waals surface area (Å²) in [6.07, 6.45) is 8.43. The first-order chi connectivity index (χ1) is 29.4. The number of ether oxygens (including phenoxy) is 1. The molecule has 2 aliphatic rings. The van der Waals surface area contributed by atoms with Crippen LogP contribution >= 0.6 is 22.7 Å². The van der Waals surface area contributed by atoms with E-state index < -0.39 is 5.97 Å². The highest BCUT2D eigenvalue weighted by Crippen LogP contribution is 2.34. The van der Waals surface area contributed by atoms with Crippen LogP contribution in [0.4, 0.5) is 10.3 Å². The second-order valence-electron chi connectivity index (χ2n) is 15.3. The number of benzene rings is 3. The molecule has 1 fully saturated rings. The Hall–Kier alpha value is -5.81. The van der Waals surface area contributed by atoms with Crippen molar-refractivity contribution >= 4 is 66.1 Å². The third kappa shape index (κ3) is 8.73. The number of nitrogens with one attached hydrogen (secondary N) is 1. The molecule has 2 aliphatic heterocycles. The molecule has 0 saturated carbocycles. The number of carboxylic acids is 1. The number of carboxylic acid groups (broad SMARTS) is 1. The number of unbranched alkanes of at least 4 members (excludes halogenated alkanes) is 1. The van der Waals surface area contributed by atoms with Gasteiger partial charge in [-0.1, -0.05) is 35.6 Å². The van der Waals surface area contributed by atoms with Crippen LogP contribution in [0.3, 0.4) is 0 Å². The Morgan fingerprint density at radius 3 is 2.57 bits per heavy atom. The zero-order chi connectivity index (χ0) is 41.0. The van der Waals surface area contributed by atoms with Gasteiger partial charge in [0.2, 0.25) is 0 Å². The predicted molar refractivity (Wildman–Crippen MR) is 235 cm³/mol. The summed E-state index contributed by atoms with van der Waals surface area (Å²) < 4.78 is 8.93. The number of aromatic nitrogens is 6. The lowest BCUT2D eigenvalue weighted by Gasteiger charge is -2.32. The summed E-state index contributed by atoms with van der Waals surface area (Å²) in [5.74, 6) is -0.559. The molecule has 16 heteroatoms. The van der Waals surface area contributed by atoms with Gasteiger partial charge in [0.05, 0.1) is 39.8 Å². The Morgan fingerprint density at radius 1 is 0.883 bits per heavy atom. The summed E-state index contributed by atoms with van der Waals surface area (Å²) in [7, 11) is 2.19. The van der Waals surface area contributed by atoms with E-state index in [-0.39, 0.29) is 11.6 Å². The van der Waals surface area contributed by atoms with E-state index in [0.29, 0.717) is 65.4 Å². The van der Waals surface area contributed by atoms with Crippen LogP contribution in [-0.4, -0.2) is 109 Å². The number of thiazole rings is 2. The van der Waals surface area contributed by atoms with E-state index in [1.807, 2.05) is 77.6 Å². The number of carbonyl (C=O) groups excluding carboxylic acids is 1. The van der Waals surface area contributed by atoms with Gasteiger partial charge in [-0.3, -0.25) is 10.1 Å². The number of rotatable bonds is 15. The Bertz CT molecular complexity index is 2600. The van der Waals surface area contributed by atoms with Gasteiger partial charge in [-0.2, -0.15) is 5.10 Å². The number of anilines is 2. The Balaban J connectivity index is 0.790. The fraction of sp³-hybridized carbons (Fsp3) is 0.341. The largest absolute Gasteiger partial charge is 0.494 e. The van der Waals surface area contributed by atoms with Crippen molar-refractivity contribution in [3.63, 3.8) is 0 Å². The van der Waals surface area contributed by atoms with Gasteiger partial charge >= 0.3 is 5.97 Å². The van der Waals surface area contributed by atoms with Crippen LogP contribution in [0.25, 0.3) is 26.9 Å². The first kappa shape index (κ1) is 39.6. The van der Waals surface area contributed by atoms with Crippen LogP contribution in [0.1, 0.15) is 61.8 Å². The molecule has 0 atom stereocenters. The van der Waals surface area contributed by atoms with Gasteiger partial charge in [-0.05, 0) is 106 Å². The zero-order valence-electron chi connectivity index (χ0n) is 33.4. The van der Waals surface area contributed by atoms with Crippen molar-refractivity contribution in [3.05, 3.63) is 112 Å². The monoisotopic (exact) mass is 842 g/mol. The lowest BCUT2D eigenvalue weighted by Crippen LogP contribution is -2.44. The smallest absolute Gasteiger partial charge is 0.355 e. The number of fused-ring (bicyclic) bond motifs is 3. The van der Waals surface area contributed by atoms with Crippen molar-refractivity contribution in [1.82, 2.24) is 39.5 Å². The van der Waals surface area contributed by atoms with Crippen molar-refractivity contribution in [2.45, 2.75) is 45.1 Å². The summed E-state index contributed by atoms with van der Waals surface area (Å²) in [4.78, 5) is 51.9. The molecule has 0 aliphatic carbocycles.